The van der Waals surface area contributed by atoms with Gasteiger partial charge in [-0.25, -0.2) is 4.98 Å². The molecule has 152 valence electrons. The number of halogens is 3. The van der Waals surface area contributed by atoms with Crippen molar-refractivity contribution in [3.63, 3.8) is 0 Å². The predicted octanol–water partition coefficient (Wildman–Crippen LogP) is 4.88. The highest BCUT2D eigenvalue weighted by molar-refractivity contribution is 5.60. The average Bonchev–Trinajstić information content (AvgIpc) is 3.12. The summed E-state index contributed by atoms with van der Waals surface area (Å²) in [6.45, 7) is 2.66. The normalized spacial score (nSPS) is 18.1. The van der Waals surface area contributed by atoms with Crippen LogP contribution in [-0.2, 0) is 19.8 Å². The number of nitrogens with zero attached hydrogens (tertiary/aromatic N) is 4. The van der Waals surface area contributed by atoms with Crippen LogP contribution in [0, 0.1) is 0 Å². The fraction of sp³-hybridized carbons (Fsp3) is 0.364. The number of imidazole rings is 1. The molecule has 0 saturated carbocycles. The van der Waals surface area contributed by atoms with Crippen molar-refractivity contribution in [2.45, 2.75) is 31.5 Å². The number of rotatable bonds is 4. The number of likely N-dealkylation sites (tertiary alicyclic amines) is 1. The quantitative estimate of drug-likeness (QED) is 0.626. The molecule has 29 heavy (non-hydrogen) atoms. The van der Waals surface area contributed by atoms with Gasteiger partial charge in [0.1, 0.15) is 5.82 Å². The van der Waals surface area contributed by atoms with Gasteiger partial charge in [-0.2, -0.15) is 13.2 Å². The summed E-state index contributed by atoms with van der Waals surface area (Å²) in [4.78, 5) is 11.5. The fourth-order valence-electron chi connectivity index (χ4n) is 3.88. The van der Waals surface area contributed by atoms with Gasteiger partial charge in [0, 0.05) is 43.2 Å². The predicted molar refractivity (Wildman–Crippen MR) is 105 cm³/mol. The first-order valence-electron chi connectivity index (χ1n) is 9.73. The Kier molecular flexibility index (Phi) is 5.41. The van der Waals surface area contributed by atoms with Gasteiger partial charge in [-0.1, -0.05) is 18.2 Å². The summed E-state index contributed by atoms with van der Waals surface area (Å²) in [5.74, 6) is 1.28. The molecule has 0 unspecified atom stereocenters. The van der Waals surface area contributed by atoms with Crippen LogP contribution in [0.25, 0.3) is 11.3 Å². The van der Waals surface area contributed by atoms with Gasteiger partial charge >= 0.3 is 6.18 Å². The second-order valence-corrected chi connectivity index (χ2v) is 7.55. The number of hydrogen-bond donors (Lipinski definition) is 0. The van der Waals surface area contributed by atoms with Gasteiger partial charge in [0.05, 0.1) is 17.8 Å². The summed E-state index contributed by atoms with van der Waals surface area (Å²) >= 11 is 0. The number of hydrogen-bond acceptors (Lipinski definition) is 3. The van der Waals surface area contributed by atoms with Crippen molar-refractivity contribution < 1.29 is 13.2 Å². The van der Waals surface area contributed by atoms with Crippen LogP contribution in [0.4, 0.5) is 13.2 Å². The van der Waals surface area contributed by atoms with Crippen LogP contribution >= 0.6 is 0 Å². The zero-order chi connectivity index (χ0) is 20.4. The van der Waals surface area contributed by atoms with Crippen molar-refractivity contribution in [1.29, 1.82) is 0 Å². The first kappa shape index (κ1) is 19.6. The van der Waals surface area contributed by atoms with Crippen molar-refractivity contribution in [3.8, 4) is 11.3 Å². The Bertz CT molecular complexity index is 980. The SMILES string of the molecule is Cn1ccnc1CN1CCC[C@H](c2cccc(-c3cccc(C(F)(F)F)c3)n2)C1. The monoisotopic (exact) mass is 400 g/mol. The van der Waals surface area contributed by atoms with Crippen molar-refractivity contribution in [1.82, 2.24) is 19.4 Å². The number of pyridine rings is 1. The minimum Gasteiger partial charge on any atom is -0.337 e. The van der Waals surface area contributed by atoms with E-state index in [0.29, 0.717) is 11.3 Å². The largest absolute Gasteiger partial charge is 0.416 e. The molecule has 3 heterocycles. The van der Waals surface area contributed by atoms with Gasteiger partial charge < -0.3 is 4.57 Å². The molecule has 0 radical (unpaired) electrons. The highest BCUT2D eigenvalue weighted by atomic mass is 19.4. The van der Waals surface area contributed by atoms with E-state index in [1.54, 1.807) is 18.3 Å². The van der Waals surface area contributed by atoms with E-state index in [-0.39, 0.29) is 5.92 Å². The van der Waals surface area contributed by atoms with Gasteiger partial charge in [0.25, 0.3) is 0 Å². The lowest BCUT2D eigenvalue weighted by Crippen LogP contribution is -2.34. The Morgan fingerprint density at radius 3 is 2.72 bits per heavy atom. The van der Waals surface area contributed by atoms with E-state index in [4.69, 9.17) is 4.98 Å². The van der Waals surface area contributed by atoms with E-state index in [1.807, 2.05) is 29.9 Å². The van der Waals surface area contributed by atoms with Crippen LogP contribution in [-0.4, -0.2) is 32.5 Å². The molecular formula is C22H23F3N4. The van der Waals surface area contributed by atoms with Crippen molar-refractivity contribution in [3.05, 3.63) is 71.9 Å². The van der Waals surface area contributed by atoms with Crippen LogP contribution in [0.1, 0.15) is 35.8 Å². The van der Waals surface area contributed by atoms with E-state index >= 15 is 0 Å². The van der Waals surface area contributed by atoms with E-state index in [2.05, 4.69) is 9.88 Å². The summed E-state index contributed by atoms with van der Waals surface area (Å²) in [6, 6.07) is 11.0. The van der Waals surface area contributed by atoms with Gasteiger partial charge in [0.2, 0.25) is 0 Å². The second-order valence-electron chi connectivity index (χ2n) is 7.55. The molecule has 0 amide bonds. The molecule has 4 nitrogen and oxygen atoms in total. The maximum absolute atomic E-state index is 13.0. The highest BCUT2D eigenvalue weighted by Crippen LogP contribution is 2.33. The van der Waals surface area contributed by atoms with E-state index in [1.165, 1.54) is 12.1 Å². The smallest absolute Gasteiger partial charge is 0.337 e. The Morgan fingerprint density at radius 1 is 1.14 bits per heavy atom. The Morgan fingerprint density at radius 2 is 1.97 bits per heavy atom. The third-order valence-electron chi connectivity index (χ3n) is 5.47. The molecule has 1 atom stereocenters. The lowest BCUT2D eigenvalue weighted by atomic mass is 9.93. The second kappa shape index (κ2) is 7.99. The molecule has 0 spiro atoms. The minimum absolute atomic E-state index is 0.259. The van der Waals surface area contributed by atoms with Gasteiger partial charge in [0.15, 0.2) is 0 Å². The molecule has 2 aromatic heterocycles. The van der Waals surface area contributed by atoms with Gasteiger partial charge in [-0.15, -0.1) is 0 Å². The molecular weight excluding hydrogens is 377 g/mol. The van der Waals surface area contributed by atoms with E-state index < -0.39 is 11.7 Å². The lowest BCUT2D eigenvalue weighted by molar-refractivity contribution is -0.137. The van der Waals surface area contributed by atoms with Crippen molar-refractivity contribution in [2.24, 2.45) is 7.05 Å². The topological polar surface area (TPSA) is 34.0 Å². The Labute approximate surface area is 168 Å². The van der Waals surface area contributed by atoms with E-state index in [0.717, 1.165) is 50.1 Å². The van der Waals surface area contributed by atoms with Crippen LogP contribution in [0.5, 0.6) is 0 Å². The first-order chi connectivity index (χ1) is 13.9. The molecule has 0 bridgehead atoms. The minimum atomic E-state index is -4.36. The summed E-state index contributed by atoms with van der Waals surface area (Å²) in [5, 5.41) is 0. The summed E-state index contributed by atoms with van der Waals surface area (Å²) < 4.78 is 41.2. The third-order valence-corrected chi connectivity index (χ3v) is 5.47. The molecule has 1 aromatic carbocycles. The molecule has 4 rings (SSSR count). The van der Waals surface area contributed by atoms with Crippen LogP contribution in [0.3, 0.4) is 0 Å². The van der Waals surface area contributed by atoms with Crippen molar-refractivity contribution >= 4 is 0 Å². The Hall–Kier alpha value is -2.67. The van der Waals surface area contributed by atoms with Crippen molar-refractivity contribution in [2.75, 3.05) is 13.1 Å². The molecule has 1 saturated heterocycles. The molecule has 1 aliphatic rings. The van der Waals surface area contributed by atoms with Crippen LogP contribution < -0.4 is 0 Å². The number of alkyl halides is 3. The first-order valence-corrected chi connectivity index (χ1v) is 9.73. The zero-order valence-electron chi connectivity index (χ0n) is 16.2. The highest BCUT2D eigenvalue weighted by Gasteiger charge is 2.30. The van der Waals surface area contributed by atoms with Gasteiger partial charge in [-0.05, 0) is 43.7 Å². The van der Waals surface area contributed by atoms with Crippen LogP contribution in [0.15, 0.2) is 54.9 Å². The fourth-order valence-corrected chi connectivity index (χ4v) is 3.88. The standard InChI is InChI=1S/C22H23F3N4/c1-28-12-10-26-21(28)15-29-11-4-6-17(14-29)20-9-3-8-19(27-20)16-5-2-7-18(13-16)22(23,24)25/h2-3,5,7-10,12-13,17H,4,6,11,14-15H2,1H3/t17-/m0/s1. The third kappa shape index (κ3) is 4.50. The summed E-state index contributed by atoms with van der Waals surface area (Å²) in [6.07, 6.45) is 1.47. The number of benzene rings is 1. The summed E-state index contributed by atoms with van der Waals surface area (Å²) in [7, 11) is 1.99. The molecule has 3 aromatic rings. The maximum atomic E-state index is 13.0. The molecule has 7 heteroatoms. The van der Waals surface area contributed by atoms with Gasteiger partial charge in [-0.3, -0.25) is 9.88 Å². The van der Waals surface area contributed by atoms with E-state index in [9.17, 15) is 13.2 Å². The zero-order valence-corrected chi connectivity index (χ0v) is 16.2. The number of aryl methyl sites for hydroxylation is 1. The molecule has 1 fully saturated rings. The Balaban J connectivity index is 1.53. The lowest BCUT2D eigenvalue weighted by Gasteiger charge is -2.32. The molecule has 1 aliphatic heterocycles. The number of piperidine rings is 1. The molecule has 0 N–H and O–H groups in total. The number of aromatic nitrogens is 3. The average molecular weight is 400 g/mol. The summed E-state index contributed by atoms with van der Waals surface area (Å²) in [5.41, 5.74) is 1.35. The molecule has 0 aliphatic carbocycles. The maximum Gasteiger partial charge on any atom is 0.416 e. The van der Waals surface area contributed by atoms with Crippen LogP contribution in [0.2, 0.25) is 0 Å².